The number of halogens is 3. The maximum atomic E-state index is 13.4. The summed E-state index contributed by atoms with van der Waals surface area (Å²) in [5.41, 5.74) is -1.96. The summed E-state index contributed by atoms with van der Waals surface area (Å²) in [6.07, 6.45) is -3.51. The Labute approximate surface area is 101 Å². The lowest BCUT2D eigenvalue weighted by Gasteiger charge is -2.07. The molecular formula is C11H9F3N2O2. The first kappa shape index (κ1) is 14.0. The zero-order valence-corrected chi connectivity index (χ0v) is 9.41. The Bertz CT molecular complexity index is 498. The van der Waals surface area contributed by atoms with E-state index in [-0.39, 0.29) is 12.3 Å². The number of alkyl halides is 2. The maximum absolute atomic E-state index is 13.4. The van der Waals surface area contributed by atoms with Gasteiger partial charge in [0, 0.05) is 0 Å². The summed E-state index contributed by atoms with van der Waals surface area (Å²) in [6.45, 7) is 1.70. The molecule has 7 heteroatoms. The van der Waals surface area contributed by atoms with E-state index in [2.05, 4.69) is 9.72 Å². The average molecular weight is 258 g/mol. The van der Waals surface area contributed by atoms with E-state index in [1.807, 2.05) is 0 Å². The van der Waals surface area contributed by atoms with Gasteiger partial charge in [0.1, 0.15) is 23.1 Å². The van der Waals surface area contributed by atoms with Gasteiger partial charge in [-0.25, -0.2) is 18.2 Å². The van der Waals surface area contributed by atoms with Crippen LogP contribution in [0.3, 0.4) is 0 Å². The summed E-state index contributed by atoms with van der Waals surface area (Å²) in [5, 5.41) is 8.55. The number of nitrogens with zero attached hydrogens (tertiary/aromatic N) is 2. The summed E-state index contributed by atoms with van der Waals surface area (Å²) in [4.78, 5) is 14.5. The Balaban J connectivity index is 3.10. The molecule has 0 aromatic carbocycles. The summed E-state index contributed by atoms with van der Waals surface area (Å²) in [6, 6.07) is 2.10. The molecule has 0 saturated carbocycles. The van der Waals surface area contributed by atoms with E-state index in [1.165, 1.54) is 6.07 Å². The van der Waals surface area contributed by atoms with Crippen molar-refractivity contribution in [2.45, 2.75) is 19.8 Å². The smallest absolute Gasteiger partial charge is 0.311 e. The average Bonchev–Trinajstić information content (AvgIpc) is 2.28. The van der Waals surface area contributed by atoms with Gasteiger partial charge in [0.15, 0.2) is 0 Å². The molecule has 4 nitrogen and oxygen atoms in total. The summed E-state index contributed by atoms with van der Waals surface area (Å²) < 4.78 is 43.1. The van der Waals surface area contributed by atoms with Crippen LogP contribution in [-0.4, -0.2) is 17.6 Å². The molecule has 96 valence electrons. The second-order valence-corrected chi connectivity index (χ2v) is 3.25. The standard InChI is InChI=1S/C11H9F3N2O2/c1-2-18-9(17)4-6-3-8(12)7(5-15)10(16-6)11(13)14/h3,11H,2,4H2,1H3. The van der Waals surface area contributed by atoms with E-state index in [1.54, 1.807) is 6.92 Å². The molecule has 0 fully saturated rings. The molecule has 0 radical (unpaired) electrons. The van der Waals surface area contributed by atoms with Crippen LogP contribution in [0.4, 0.5) is 13.2 Å². The van der Waals surface area contributed by atoms with E-state index >= 15 is 0 Å². The normalized spacial score (nSPS) is 10.2. The zero-order chi connectivity index (χ0) is 13.7. The SMILES string of the molecule is CCOC(=O)Cc1cc(F)c(C#N)c(C(F)F)n1. The van der Waals surface area contributed by atoms with Crippen LogP contribution in [0.5, 0.6) is 0 Å². The lowest BCUT2D eigenvalue weighted by atomic mass is 10.1. The Morgan fingerprint density at radius 2 is 2.28 bits per heavy atom. The van der Waals surface area contributed by atoms with Gasteiger partial charge >= 0.3 is 5.97 Å². The first-order chi connectivity index (χ1) is 8.49. The van der Waals surface area contributed by atoms with Gasteiger partial charge in [0.2, 0.25) is 0 Å². The molecule has 0 amide bonds. The minimum Gasteiger partial charge on any atom is -0.466 e. The number of hydrogen-bond acceptors (Lipinski definition) is 4. The van der Waals surface area contributed by atoms with E-state index < -0.39 is 35.9 Å². The fourth-order valence-electron chi connectivity index (χ4n) is 1.30. The number of hydrogen-bond donors (Lipinski definition) is 0. The molecule has 0 spiro atoms. The van der Waals surface area contributed by atoms with Gasteiger partial charge in [-0.05, 0) is 13.0 Å². The second-order valence-electron chi connectivity index (χ2n) is 3.25. The lowest BCUT2D eigenvalue weighted by Crippen LogP contribution is -2.11. The minimum atomic E-state index is -3.09. The first-order valence-electron chi connectivity index (χ1n) is 5.02. The van der Waals surface area contributed by atoms with Gasteiger partial charge in [-0.3, -0.25) is 4.79 Å². The molecule has 0 N–H and O–H groups in total. The molecular weight excluding hydrogens is 249 g/mol. The molecule has 0 aliphatic rings. The van der Waals surface area contributed by atoms with E-state index in [4.69, 9.17) is 5.26 Å². The summed E-state index contributed by atoms with van der Waals surface area (Å²) in [5.74, 6) is -1.82. The van der Waals surface area contributed by atoms with E-state index in [0.717, 1.165) is 6.07 Å². The van der Waals surface area contributed by atoms with Crippen molar-refractivity contribution >= 4 is 5.97 Å². The highest BCUT2D eigenvalue weighted by molar-refractivity contribution is 5.72. The highest BCUT2D eigenvalue weighted by Crippen LogP contribution is 2.23. The van der Waals surface area contributed by atoms with Gasteiger partial charge in [-0.1, -0.05) is 0 Å². The third-order valence-corrected chi connectivity index (χ3v) is 2.00. The lowest BCUT2D eigenvalue weighted by molar-refractivity contribution is -0.142. The van der Waals surface area contributed by atoms with Crippen LogP contribution < -0.4 is 0 Å². The molecule has 1 aromatic rings. The number of nitriles is 1. The Hall–Kier alpha value is -2.10. The fourth-order valence-corrected chi connectivity index (χ4v) is 1.30. The summed E-state index contributed by atoms with van der Waals surface area (Å²) >= 11 is 0. The molecule has 0 atom stereocenters. The number of carbonyl (C=O) groups is 1. The molecule has 0 aliphatic heterocycles. The van der Waals surface area contributed by atoms with Crippen LogP contribution >= 0.6 is 0 Å². The van der Waals surface area contributed by atoms with Crippen LogP contribution in [0.1, 0.15) is 30.3 Å². The maximum Gasteiger partial charge on any atom is 0.311 e. The van der Waals surface area contributed by atoms with Crippen molar-refractivity contribution in [3.63, 3.8) is 0 Å². The van der Waals surface area contributed by atoms with Gasteiger partial charge in [-0.2, -0.15) is 5.26 Å². The molecule has 1 rings (SSSR count). The number of esters is 1. The van der Waals surface area contributed by atoms with Crippen molar-refractivity contribution in [2.24, 2.45) is 0 Å². The molecule has 0 saturated heterocycles. The van der Waals surface area contributed by atoms with Crippen LogP contribution in [0, 0.1) is 17.1 Å². The van der Waals surface area contributed by atoms with Crippen molar-refractivity contribution in [3.05, 3.63) is 28.8 Å². The van der Waals surface area contributed by atoms with E-state index in [9.17, 15) is 18.0 Å². The van der Waals surface area contributed by atoms with Gasteiger partial charge < -0.3 is 4.74 Å². The van der Waals surface area contributed by atoms with Crippen molar-refractivity contribution in [2.75, 3.05) is 6.61 Å². The molecule has 1 aromatic heterocycles. The Morgan fingerprint density at radius 1 is 1.61 bits per heavy atom. The molecule has 18 heavy (non-hydrogen) atoms. The Kier molecular flexibility index (Phi) is 4.66. The molecule has 0 bridgehead atoms. The molecule has 0 aliphatic carbocycles. The van der Waals surface area contributed by atoms with Crippen molar-refractivity contribution < 1.29 is 22.7 Å². The van der Waals surface area contributed by atoms with Crippen molar-refractivity contribution in [3.8, 4) is 6.07 Å². The topological polar surface area (TPSA) is 63.0 Å². The third kappa shape index (κ3) is 3.20. The largest absolute Gasteiger partial charge is 0.466 e. The quantitative estimate of drug-likeness (QED) is 0.776. The Morgan fingerprint density at radius 3 is 2.78 bits per heavy atom. The number of rotatable bonds is 4. The number of carbonyl (C=O) groups excluding carboxylic acids is 1. The minimum absolute atomic E-state index is 0.124. The predicted molar refractivity (Wildman–Crippen MR) is 54.2 cm³/mol. The van der Waals surface area contributed by atoms with Crippen LogP contribution in [0.25, 0.3) is 0 Å². The van der Waals surface area contributed by atoms with Crippen LogP contribution in [0.15, 0.2) is 6.07 Å². The predicted octanol–water partition coefficient (Wildman–Crippen LogP) is 2.14. The number of aromatic nitrogens is 1. The van der Waals surface area contributed by atoms with Gasteiger partial charge in [0.25, 0.3) is 6.43 Å². The molecule has 0 unspecified atom stereocenters. The fraction of sp³-hybridized carbons (Fsp3) is 0.364. The second kappa shape index (κ2) is 6.00. The van der Waals surface area contributed by atoms with E-state index in [0.29, 0.717) is 0 Å². The monoisotopic (exact) mass is 258 g/mol. The van der Waals surface area contributed by atoms with Gasteiger partial charge in [-0.15, -0.1) is 0 Å². The number of pyridine rings is 1. The molecule has 1 heterocycles. The van der Waals surface area contributed by atoms with Crippen molar-refractivity contribution in [1.29, 1.82) is 5.26 Å². The highest BCUT2D eigenvalue weighted by Gasteiger charge is 2.21. The first-order valence-corrected chi connectivity index (χ1v) is 5.02. The summed E-state index contributed by atoms with van der Waals surface area (Å²) in [7, 11) is 0. The van der Waals surface area contributed by atoms with Crippen molar-refractivity contribution in [1.82, 2.24) is 4.98 Å². The third-order valence-electron chi connectivity index (χ3n) is 2.00. The van der Waals surface area contributed by atoms with Crippen LogP contribution in [0.2, 0.25) is 0 Å². The number of ether oxygens (including phenoxy) is 1. The van der Waals surface area contributed by atoms with Crippen LogP contribution in [-0.2, 0) is 16.0 Å². The zero-order valence-electron chi connectivity index (χ0n) is 9.41. The van der Waals surface area contributed by atoms with Gasteiger partial charge in [0.05, 0.1) is 18.7 Å². The highest BCUT2D eigenvalue weighted by atomic mass is 19.3.